The Balaban J connectivity index is 1.41. The van der Waals surface area contributed by atoms with Gasteiger partial charge in [0.05, 0.1) is 18.2 Å². The molecule has 1 atom stereocenters. The summed E-state index contributed by atoms with van der Waals surface area (Å²) in [5.41, 5.74) is 3.27. The number of carbonyl (C=O) groups is 2. The number of carbonyl (C=O) groups excluding carboxylic acids is 2. The average Bonchev–Trinajstić information content (AvgIpc) is 3.08. The summed E-state index contributed by atoms with van der Waals surface area (Å²) in [4.78, 5) is 31.9. The summed E-state index contributed by atoms with van der Waals surface area (Å²) in [5.74, 6) is -0.231. The number of nitrogens with zero attached hydrogens (tertiary/aromatic N) is 2. The van der Waals surface area contributed by atoms with Gasteiger partial charge in [0.15, 0.2) is 0 Å². The van der Waals surface area contributed by atoms with E-state index in [1.165, 1.54) is 16.0 Å². The highest BCUT2D eigenvalue weighted by Crippen LogP contribution is 2.38. The summed E-state index contributed by atoms with van der Waals surface area (Å²) in [6.45, 7) is 1.52. The van der Waals surface area contributed by atoms with Crippen LogP contribution in [-0.2, 0) is 22.6 Å². The van der Waals surface area contributed by atoms with Crippen molar-refractivity contribution in [3.63, 3.8) is 0 Å². The topological polar surface area (TPSA) is 40.6 Å². The number of para-hydroxylation sites is 1. The Morgan fingerprint density at radius 1 is 0.800 bits per heavy atom. The number of imide groups is 1. The maximum Gasteiger partial charge on any atom is 0.251 e. The second kappa shape index (κ2) is 8.09. The molecule has 0 spiro atoms. The van der Waals surface area contributed by atoms with Gasteiger partial charge in [-0.05, 0) is 41.8 Å². The van der Waals surface area contributed by atoms with Crippen LogP contribution >= 0.6 is 11.8 Å². The minimum Gasteiger partial charge on any atom is -0.287 e. The van der Waals surface area contributed by atoms with Crippen molar-refractivity contribution < 1.29 is 9.59 Å². The second-order valence-corrected chi connectivity index (χ2v) is 8.77. The van der Waals surface area contributed by atoms with Gasteiger partial charge < -0.3 is 0 Å². The Morgan fingerprint density at radius 2 is 1.50 bits per heavy atom. The number of benzene rings is 3. The maximum atomic E-state index is 13.4. The van der Waals surface area contributed by atoms with Gasteiger partial charge in [0, 0.05) is 22.9 Å². The molecule has 0 aromatic heterocycles. The van der Waals surface area contributed by atoms with E-state index in [0.29, 0.717) is 12.2 Å². The van der Waals surface area contributed by atoms with Crippen molar-refractivity contribution in [2.24, 2.45) is 0 Å². The van der Waals surface area contributed by atoms with E-state index in [4.69, 9.17) is 0 Å². The summed E-state index contributed by atoms with van der Waals surface area (Å²) < 4.78 is 0. The number of fused-ring (bicyclic) bond motifs is 1. The quantitative estimate of drug-likeness (QED) is 0.588. The van der Waals surface area contributed by atoms with E-state index in [1.54, 1.807) is 11.8 Å². The van der Waals surface area contributed by atoms with Gasteiger partial charge in [-0.1, -0.05) is 66.4 Å². The van der Waals surface area contributed by atoms with Crippen molar-refractivity contribution in [3.05, 3.63) is 90.0 Å². The Hall–Kier alpha value is -2.89. The van der Waals surface area contributed by atoms with E-state index in [2.05, 4.69) is 23.1 Å². The minimum atomic E-state index is -0.388. The van der Waals surface area contributed by atoms with Crippen LogP contribution in [0.3, 0.4) is 0 Å². The van der Waals surface area contributed by atoms with E-state index in [-0.39, 0.29) is 24.3 Å². The normalized spacial score (nSPS) is 19.2. The van der Waals surface area contributed by atoms with E-state index in [1.807, 2.05) is 60.7 Å². The third kappa shape index (κ3) is 3.55. The first kappa shape index (κ1) is 19.1. The molecule has 0 N–H and O–H groups in total. The lowest BCUT2D eigenvalue weighted by Crippen LogP contribution is -2.44. The largest absolute Gasteiger partial charge is 0.287 e. The van der Waals surface area contributed by atoms with Crippen molar-refractivity contribution in [1.29, 1.82) is 0 Å². The molecule has 1 saturated heterocycles. The Bertz CT molecular complexity index is 1100. The summed E-state index contributed by atoms with van der Waals surface area (Å²) in [7, 11) is 0. The van der Waals surface area contributed by atoms with Gasteiger partial charge in [-0.2, -0.15) is 0 Å². The predicted octanol–water partition coefficient (Wildman–Crippen LogP) is 4.53. The number of rotatable bonds is 4. The summed E-state index contributed by atoms with van der Waals surface area (Å²) in [6, 6.07) is 25.7. The average molecular weight is 415 g/mol. The summed E-state index contributed by atoms with van der Waals surface area (Å²) in [5, 5.41) is 0. The molecule has 30 heavy (non-hydrogen) atoms. The molecule has 5 rings (SSSR count). The molecule has 2 heterocycles. The third-order valence-corrected chi connectivity index (χ3v) is 6.87. The first-order valence-electron chi connectivity index (χ1n) is 10.2. The van der Waals surface area contributed by atoms with Gasteiger partial charge in [-0.15, -0.1) is 0 Å². The molecule has 3 aromatic carbocycles. The molecular formula is C25H22N2O2S. The fraction of sp³-hybridized carbons (Fsp3) is 0.200. The molecule has 2 amide bonds. The van der Waals surface area contributed by atoms with Crippen LogP contribution in [0.25, 0.3) is 0 Å². The van der Waals surface area contributed by atoms with Gasteiger partial charge >= 0.3 is 0 Å². The lowest BCUT2D eigenvalue weighted by molar-refractivity contribution is -0.123. The van der Waals surface area contributed by atoms with Gasteiger partial charge in [-0.3, -0.25) is 14.5 Å². The van der Waals surface area contributed by atoms with Crippen molar-refractivity contribution in [2.75, 3.05) is 11.4 Å². The Labute approximate surface area is 180 Å². The molecule has 1 fully saturated rings. The molecule has 0 bridgehead atoms. The van der Waals surface area contributed by atoms with Crippen LogP contribution in [0.5, 0.6) is 0 Å². The molecule has 2 aliphatic heterocycles. The molecule has 0 radical (unpaired) electrons. The van der Waals surface area contributed by atoms with E-state index in [9.17, 15) is 9.59 Å². The fourth-order valence-electron chi connectivity index (χ4n) is 4.28. The highest BCUT2D eigenvalue weighted by Gasteiger charge is 2.44. The lowest BCUT2D eigenvalue weighted by atomic mass is 9.98. The third-order valence-electron chi connectivity index (χ3n) is 5.80. The highest BCUT2D eigenvalue weighted by atomic mass is 32.2. The maximum absolute atomic E-state index is 13.4. The van der Waals surface area contributed by atoms with Crippen LogP contribution in [0.4, 0.5) is 5.69 Å². The SMILES string of the molecule is O=C1C[C@H](N2CCc3ccccc3C2)C(=O)N1c1ccccc1Sc1ccccc1. The van der Waals surface area contributed by atoms with Crippen molar-refractivity contribution >= 4 is 29.3 Å². The zero-order valence-electron chi connectivity index (χ0n) is 16.5. The first-order chi connectivity index (χ1) is 14.7. The zero-order chi connectivity index (χ0) is 20.5. The second-order valence-electron chi connectivity index (χ2n) is 7.66. The minimum absolute atomic E-state index is 0.111. The predicted molar refractivity (Wildman–Crippen MR) is 118 cm³/mol. The highest BCUT2D eigenvalue weighted by molar-refractivity contribution is 7.99. The van der Waals surface area contributed by atoms with Crippen LogP contribution in [0.2, 0.25) is 0 Å². The lowest BCUT2D eigenvalue weighted by Gasteiger charge is -2.32. The van der Waals surface area contributed by atoms with Crippen LogP contribution < -0.4 is 4.90 Å². The first-order valence-corrected chi connectivity index (χ1v) is 11.0. The molecular weight excluding hydrogens is 392 g/mol. The van der Waals surface area contributed by atoms with Crippen LogP contribution in [0.15, 0.2) is 88.7 Å². The molecule has 150 valence electrons. The van der Waals surface area contributed by atoms with Crippen LogP contribution in [0, 0.1) is 0 Å². The van der Waals surface area contributed by atoms with E-state index >= 15 is 0 Å². The fourth-order valence-corrected chi connectivity index (χ4v) is 5.24. The number of hydrogen-bond donors (Lipinski definition) is 0. The Kier molecular flexibility index (Phi) is 5.15. The zero-order valence-corrected chi connectivity index (χ0v) is 17.3. The monoisotopic (exact) mass is 414 g/mol. The molecule has 5 heteroatoms. The number of anilines is 1. The standard InChI is InChI=1S/C25H22N2O2S/c28-24-16-22(26-15-14-18-8-4-5-9-19(18)17-26)25(29)27(24)21-12-6-7-13-23(21)30-20-10-2-1-3-11-20/h1-13,22H,14-17H2/t22-/m0/s1. The van der Waals surface area contributed by atoms with E-state index in [0.717, 1.165) is 22.8 Å². The van der Waals surface area contributed by atoms with Gasteiger partial charge in [0.1, 0.15) is 0 Å². The number of hydrogen-bond acceptors (Lipinski definition) is 4. The summed E-state index contributed by atoms with van der Waals surface area (Å²) in [6.07, 6.45) is 1.15. The van der Waals surface area contributed by atoms with Crippen molar-refractivity contribution in [2.45, 2.75) is 35.2 Å². The Morgan fingerprint density at radius 3 is 2.33 bits per heavy atom. The molecule has 4 nitrogen and oxygen atoms in total. The summed E-state index contributed by atoms with van der Waals surface area (Å²) >= 11 is 1.57. The van der Waals surface area contributed by atoms with Crippen molar-refractivity contribution in [3.8, 4) is 0 Å². The molecule has 0 saturated carbocycles. The smallest absolute Gasteiger partial charge is 0.251 e. The van der Waals surface area contributed by atoms with Crippen LogP contribution in [0.1, 0.15) is 17.5 Å². The molecule has 0 unspecified atom stereocenters. The molecule has 3 aromatic rings. The van der Waals surface area contributed by atoms with Crippen LogP contribution in [-0.4, -0.2) is 29.3 Å². The molecule has 2 aliphatic rings. The molecule has 0 aliphatic carbocycles. The van der Waals surface area contributed by atoms with Gasteiger partial charge in [0.2, 0.25) is 5.91 Å². The number of amides is 2. The van der Waals surface area contributed by atoms with Gasteiger partial charge in [-0.25, -0.2) is 4.90 Å². The van der Waals surface area contributed by atoms with Crippen molar-refractivity contribution in [1.82, 2.24) is 4.90 Å². The van der Waals surface area contributed by atoms with Gasteiger partial charge in [0.25, 0.3) is 5.91 Å². The van der Waals surface area contributed by atoms with E-state index < -0.39 is 0 Å².